The third kappa shape index (κ3) is 7.23. The van der Waals surface area contributed by atoms with E-state index in [1.807, 2.05) is 58.3 Å². The maximum atomic E-state index is 12.1. The Morgan fingerprint density at radius 1 is 0.679 bits per heavy atom. The number of benzene rings is 2. The van der Waals surface area contributed by atoms with E-state index in [9.17, 15) is 9.59 Å². The molecule has 8 rings (SSSR count). The molecule has 0 unspecified atom stereocenters. The number of amides is 2. The lowest BCUT2D eigenvalue weighted by atomic mass is 9.72. The SMILES string of the molecule is COCC(=O)N1CC2(CN(Cc3ccc(-c4nccc(-c5cccc(-c6ccc(CN7CC8(C7)CN(C(=O)COC)C8)c(OC)n6)c5Cl)c4Cl)cc3OC)C2)C1. The van der Waals surface area contributed by atoms with Crippen molar-refractivity contribution in [2.45, 2.75) is 13.1 Å². The number of halogens is 2. The highest BCUT2D eigenvalue weighted by Crippen LogP contribution is 2.45. The smallest absolute Gasteiger partial charge is 0.248 e. The number of rotatable bonds is 13. The number of ether oxygens (including phenoxy) is 4. The molecule has 4 aromatic rings. The fourth-order valence-electron chi connectivity index (χ4n) is 8.95. The van der Waals surface area contributed by atoms with Crippen LogP contribution in [0.25, 0.3) is 33.6 Å². The quantitative estimate of drug-likeness (QED) is 0.175. The highest BCUT2D eigenvalue weighted by molar-refractivity contribution is 6.39. The van der Waals surface area contributed by atoms with Gasteiger partial charge in [-0.3, -0.25) is 24.4 Å². The zero-order chi connectivity index (χ0) is 39.2. The van der Waals surface area contributed by atoms with Gasteiger partial charge in [0.05, 0.1) is 35.7 Å². The third-order valence-corrected chi connectivity index (χ3v) is 12.3. The Morgan fingerprint density at radius 3 is 1.84 bits per heavy atom. The summed E-state index contributed by atoms with van der Waals surface area (Å²) in [6.45, 7) is 8.57. The second kappa shape index (κ2) is 15.6. The predicted octanol–water partition coefficient (Wildman–Crippen LogP) is 5.38. The standard InChI is InChI=1S/C42H46Cl2N6O6/c1-53-17-35(51)49-23-41(24-49)19-47(20-41)15-28-9-8-27(14-34(28)55-3)39-38(44)31(12-13-45-39)30-6-5-7-32(37(30)43)33-11-10-29(40(46-33)56-4)16-48-21-42(22-48)25-50(26-42)36(52)18-54-2/h5-14H,15-26H2,1-4H3. The third-order valence-electron chi connectivity index (χ3n) is 11.5. The van der Waals surface area contributed by atoms with E-state index in [2.05, 4.69) is 20.9 Å². The van der Waals surface area contributed by atoms with Gasteiger partial charge in [-0.15, -0.1) is 0 Å². The van der Waals surface area contributed by atoms with Crippen LogP contribution in [0.3, 0.4) is 0 Å². The van der Waals surface area contributed by atoms with Crippen LogP contribution in [-0.4, -0.2) is 135 Å². The van der Waals surface area contributed by atoms with Crippen molar-refractivity contribution in [2.75, 3.05) is 94.0 Å². The van der Waals surface area contributed by atoms with Crippen LogP contribution < -0.4 is 9.47 Å². The minimum Gasteiger partial charge on any atom is -0.496 e. The lowest BCUT2D eigenvalue weighted by molar-refractivity contribution is -0.163. The van der Waals surface area contributed by atoms with E-state index in [0.29, 0.717) is 33.9 Å². The topological polar surface area (TPSA) is 110 Å². The van der Waals surface area contributed by atoms with Crippen LogP contribution in [0.4, 0.5) is 0 Å². The molecule has 294 valence electrons. The first-order chi connectivity index (χ1) is 27.1. The maximum Gasteiger partial charge on any atom is 0.248 e. The summed E-state index contributed by atoms with van der Waals surface area (Å²) in [7, 11) is 6.41. The number of carbonyl (C=O) groups excluding carboxylic acids is 2. The number of hydrogen-bond donors (Lipinski definition) is 0. The first kappa shape index (κ1) is 38.6. The van der Waals surface area contributed by atoms with Gasteiger partial charge >= 0.3 is 0 Å². The largest absolute Gasteiger partial charge is 0.496 e. The Balaban J connectivity index is 0.944. The lowest BCUT2D eigenvalue weighted by Gasteiger charge is -2.60. The minimum atomic E-state index is 0.0481. The molecule has 0 N–H and O–H groups in total. The first-order valence-electron chi connectivity index (χ1n) is 18.7. The van der Waals surface area contributed by atoms with Gasteiger partial charge in [0, 0.05) is 130 Å². The first-order valence-corrected chi connectivity index (χ1v) is 19.5. The summed E-state index contributed by atoms with van der Waals surface area (Å²) in [5, 5.41) is 1.00. The average molecular weight is 802 g/mol. The summed E-state index contributed by atoms with van der Waals surface area (Å²) in [5.41, 5.74) is 6.85. The van der Waals surface area contributed by atoms with Crippen LogP contribution in [0, 0.1) is 10.8 Å². The molecule has 2 aromatic carbocycles. The molecule has 2 spiro atoms. The van der Waals surface area contributed by atoms with Gasteiger partial charge in [0.2, 0.25) is 17.7 Å². The predicted molar refractivity (Wildman–Crippen MR) is 214 cm³/mol. The van der Waals surface area contributed by atoms with E-state index in [4.69, 9.17) is 47.1 Å². The summed E-state index contributed by atoms with van der Waals surface area (Å²) < 4.78 is 21.6. The summed E-state index contributed by atoms with van der Waals surface area (Å²) in [6.07, 6.45) is 1.74. The molecule has 0 aliphatic carbocycles. The molecule has 0 bridgehead atoms. The van der Waals surface area contributed by atoms with E-state index in [1.165, 1.54) is 0 Å². The van der Waals surface area contributed by atoms with Crippen LogP contribution >= 0.6 is 23.2 Å². The molecule has 12 nitrogen and oxygen atoms in total. The fourth-order valence-corrected chi connectivity index (χ4v) is 9.60. The van der Waals surface area contributed by atoms with Crippen LogP contribution in [-0.2, 0) is 32.2 Å². The minimum absolute atomic E-state index is 0.0481. The zero-order valence-electron chi connectivity index (χ0n) is 32.1. The van der Waals surface area contributed by atoms with Crippen LogP contribution in [0.5, 0.6) is 11.6 Å². The van der Waals surface area contributed by atoms with Gasteiger partial charge in [0.1, 0.15) is 19.0 Å². The molecule has 4 aliphatic rings. The lowest BCUT2D eigenvalue weighted by Crippen LogP contribution is -2.72. The Labute approximate surface area is 337 Å². The van der Waals surface area contributed by atoms with Gasteiger partial charge in [-0.05, 0) is 18.2 Å². The van der Waals surface area contributed by atoms with E-state index >= 15 is 0 Å². The number of nitrogens with zero attached hydrogens (tertiary/aromatic N) is 6. The second-order valence-electron chi connectivity index (χ2n) is 15.7. The molecule has 0 saturated carbocycles. The van der Waals surface area contributed by atoms with Crippen molar-refractivity contribution >= 4 is 35.0 Å². The van der Waals surface area contributed by atoms with Gasteiger partial charge < -0.3 is 28.7 Å². The van der Waals surface area contributed by atoms with Crippen molar-refractivity contribution in [3.8, 4) is 45.3 Å². The van der Waals surface area contributed by atoms with Gasteiger partial charge in [-0.25, -0.2) is 4.98 Å². The van der Waals surface area contributed by atoms with Gasteiger partial charge in [0.15, 0.2) is 0 Å². The summed E-state index contributed by atoms with van der Waals surface area (Å²) in [5.74, 6) is 1.41. The van der Waals surface area contributed by atoms with Crippen LogP contribution in [0.1, 0.15) is 11.1 Å². The highest BCUT2D eigenvalue weighted by atomic mass is 35.5. The summed E-state index contributed by atoms with van der Waals surface area (Å²) >= 11 is 14.3. The van der Waals surface area contributed by atoms with Gasteiger partial charge in [-0.2, -0.15) is 0 Å². The Kier molecular flexibility index (Phi) is 10.7. The van der Waals surface area contributed by atoms with Crippen molar-refractivity contribution < 1.29 is 28.5 Å². The van der Waals surface area contributed by atoms with Crippen molar-refractivity contribution in [1.82, 2.24) is 29.6 Å². The summed E-state index contributed by atoms with van der Waals surface area (Å²) in [6, 6.07) is 17.8. The normalized spacial score (nSPS) is 18.2. The number of methoxy groups -OCH3 is 4. The molecular weight excluding hydrogens is 755 g/mol. The Hall–Kier alpha value is -4.30. The van der Waals surface area contributed by atoms with E-state index in [0.717, 1.165) is 98.0 Å². The summed E-state index contributed by atoms with van der Waals surface area (Å²) in [4.78, 5) is 42.3. The fraction of sp³-hybridized carbons (Fsp3) is 0.429. The Bertz CT molecular complexity index is 1990. The highest BCUT2D eigenvalue weighted by Gasteiger charge is 2.53. The van der Waals surface area contributed by atoms with Gasteiger partial charge in [0.25, 0.3) is 0 Å². The van der Waals surface area contributed by atoms with Crippen LogP contribution in [0.2, 0.25) is 10.0 Å². The van der Waals surface area contributed by atoms with Crippen molar-refractivity contribution in [3.63, 3.8) is 0 Å². The van der Waals surface area contributed by atoms with Gasteiger partial charge in [-0.1, -0.05) is 59.6 Å². The van der Waals surface area contributed by atoms with Crippen molar-refractivity contribution in [3.05, 3.63) is 82.0 Å². The Morgan fingerprint density at radius 2 is 1.25 bits per heavy atom. The van der Waals surface area contributed by atoms with E-state index < -0.39 is 0 Å². The monoisotopic (exact) mass is 800 g/mol. The molecule has 0 radical (unpaired) electrons. The molecule has 14 heteroatoms. The number of likely N-dealkylation sites (tertiary alicyclic amines) is 4. The van der Waals surface area contributed by atoms with Crippen molar-refractivity contribution in [1.29, 1.82) is 0 Å². The molecule has 4 aliphatic heterocycles. The molecular formula is C42H46Cl2N6O6. The molecule has 4 fully saturated rings. The molecule has 4 saturated heterocycles. The molecule has 56 heavy (non-hydrogen) atoms. The number of carbonyl (C=O) groups is 2. The van der Waals surface area contributed by atoms with E-state index in [-0.39, 0.29) is 35.9 Å². The van der Waals surface area contributed by atoms with Crippen LogP contribution in [0.15, 0.2) is 60.8 Å². The average Bonchev–Trinajstić information content (AvgIpc) is 3.13. The maximum absolute atomic E-state index is 12.1. The second-order valence-corrected chi connectivity index (χ2v) is 16.5. The molecule has 6 heterocycles. The molecule has 2 amide bonds. The number of aromatic nitrogens is 2. The number of hydrogen-bond acceptors (Lipinski definition) is 10. The zero-order valence-corrected chi connectivity index (χ0v) is 33.7. The van der Waals surface area contributed by atoms with Crippen molar-refractivity contribution in [2.24, 2.45) is 10.8 Å². The molecule has 2 aromatic heterocycles. The molecule has 0 atom stereocenters. The van der Waals surface area contributed by atoms with E-state index in [1.54, 1.807) is 34.6 Å². The number of pyridine rings is 2.